The van der Waals surface area contributed by atoms with Crippen molar-refractivity contribution in [2.75, 3.05) is 4.90 Å². The van der Waals surface area contributed by atoms with Crippen LogP contribution in [0.1, 0.15) is 13.8 Å². The minimum Gasteiger partial charge on any atom is -0.339 e. The molecule has 0 radical (unpaired) electrons. The van der Waals surface area contributed by atoms with E-state index in [-0.39, 0.29) is 6.04 Å². The highest BCUT2D eigenvalue weighted by molar-refractivity contribution is 7.20. The molecule has 0 N–H and O–H groups in total. The third-order valence-electron chi connectivity index (χ3n) is 10.9. The quantitative estimate of drug-likeness (QED) is 0.103. The third-order valence-corrected chi connectivity index (χ3v) is 20.5. The number of benzene rings is 8. The van der Waals surface area contributed by atoms with Gasteiger partial charge in [0.05, 0.1) is 0 Å². The Morgan fingerprint density at radius 2 is 0.444 bits per heavy atom. The van der Waals surface area contributed by atoms with E-state index in [4.69, 9.17) is 0 Å². The molecule has 0 atom stereocenters. The molecular formula is C51H45NSi2. The smallest absolute Gasteiger partial charge is 0.179 e. The van der Waals surface area contributed by atoms with Crippen LogP contribution in [0.4, 0.5) is 11.4 Å². The molecule has 8 rings (SSSR count). The van der Waals surface area contributed by atoms with E-state index in [1.165, 1.54) is 52.9 Å². The van der Waals surface area contributed by atoms with Crippen molar-refractivity contribution in [2.24, 2.45) is 0 Å². The number of hydrogen-bond donors (Lipinski definition) is 0. The van der Waals surface area contributed by atoms with Gasteiger partial charge in [0, 0.05) is 17.4 Å². The molecular weight excluding hydrogens is 683 g/mol. The fourth-order valence-electron chi connectivity index (χ4n) is 8.62. The standard InChI is InChI=1S/C51H45NSi2/c1-41(2)52(42-33-37-50(38-34-42)53(44-21-9-3-10-22-44,45-23-11-4-12-24-45)46-25-13-5-14-26-46)43-35-39-51(40-36-43)54(47-27-15-6-16-28-47,48-29-17-7-18-30-48)49-31-19-8-20-32-49/h3-41H,1-2H3. The second kappa shape index (κ2) is 15.5. The Kier molecular flexibility index (Phi) is 10.1. The number of nitrogens with zero attached hydrogens (tertiary/aromatic N) is 1. The van der Waals surface area contributed by atoms with E-state index in [9.17, 15) is 0 Å². The highest BCUT2D eigenvalue weighted by atomic mass is 28.3. The second-order valence-electron chi connectivity index (χ2n) is 14.3. The van der Waals surface area contributed by atoms with E-state index in [1.54, 1.807) is 0 Å². The van der Waals surface area contributed by atoms with Gasteiger partial charge in [-0.2, -0.15) is 0 Å². The predicted octanol–water partition coefficient (Wildman–Crippen LogP) is 6.99. The number of rotatable bonds is 11. The Bertz CT molecular complexity index is 2000. The van der Waals surface area contributed by atoms with E-state index in [2.05, 4.69) is 249 Å². The van der Waals surface area contributed by atoms with Gasteiger partial charge in [0.1, 0.15) is 0 Å². The summed E-state index contributed by atoms with van der Waals surface area (Å²) in [5, 5.41) is 11.0. The van der Waals surface area contributed by atoms with Crippen molar-refractivity contribution in [1.29, 1.82) is 0 Å². The van der Waals surface area contributed by atoms with E-state index in [0.717, 1.165) is 0 Å². The Hall–Kier alpha value is -6.01. The fraction of sp³-hybridized carbons (Fsp3) is 0.0588. The number of anilines is 2. The first-order valence-corrected chi connectivity index (χ1v) is 23.0. The van der Waals surface area contributed by atoms with E-state index < -0.39 is 16.1 Å². The molecule has 0 aliphatic heterocycles. The average Bonchev–Trinajstić information content (AvgIpc) is 3.25. The lowest BCUT2D eigenvalue weighted by molar-refractivity contribution is 0.789. The predicted molar refractivity (Wildman–Crippen MR) is 237 cm³/mol. The van der Waals surface area contributed by atoms with Crippen LogP contribution >= 0.6 is 0 Å². The van der Waals surface area contributed by atoms with Crippen molar-refractivity contribution in [1.82, 2.24) is 0 Å². The van der Waals surface area contributed by atoms with Gasteiger partial charge in [0.25, 0.3) is 0 Å². The van der Waals surface area contributed by atoms with Crippen molar-refractivity contribution in [2.45, 2.75) is 19.9 Å². The summed E-state index contributed by atoms with van der Waals surface area (Å²) in [6.07, 6.45) is 0. The van der Waals surface area contributed by atoms with Crippen molar-refractivity contribution >= 4 is 69.0 Å². The summed E-state index contributed by atoms with van der Waals surface area (Å²) in [7, 11) is -5.21. The van der Waals surface area contributed by atoms with Crippen LogP contribution in [0.2, 0.25) is 0 Å². The Morgan fingerprint density at radius 1 is 0.259 bits per heavy atom. The molecule has 8 aromatic carbocycles. The van der Waals surface area contributed by atoms with Crippen LogP contribution in [0.25, 0.3) is 0 Å². The van der Waals surface area contributed by atoms with Crippen LogP contribution in [-0.2, 0) is 0 Å². The summed E-state index contributed by atoms with van der Waals surface area (Å²) in [6.45, 7) is 4.57. The molecule has 0 amide bonds. The molecule has 0 aliphatic rings. The molecule has 8 aromatic rings. The zero-order valence-corrected chi connectivity index (χ0v) is 33.0. The molecule has 1 nitrogen and oxygen atoms in total. The molecule has 0 saturated heterocycles. The van der Waals surface area contributed by atoms with Crippen LogP contribution in [0.5, 0.6) is 0 Å². The molecule has 3 heteroatoms. The molecule has 0 heterocycles. The van der Waals surface area contributed by atoms with Gasteiger partial charge in [-0.1, -0.05) is 206 Å². The van der Waals surface area contributed by atoms with Gasteiger partial charge in [0.2, 0.25) is 0 Å². The maximum Gasteiger partial charge on any atom is 0.179 e. The summed E-state index contributed by atoms with van der Waals surface area (Å²) in [4.78, 5) is 2.47. The summed E-state index contributed by atoms with van der Waals surface area (Å²) in [5.41, 5.74) is 2.38. The monoisotopic (exact) mass is 727 g/mol. The fourth-order valence-corrected chi connectivity index (χ4v) is 18.1. The lowest BCUT2D eigenvalue weighted by atomic mass is 10.2. The second-order valence-corrected chi connectivity index (χ2v) is 21.9. The molecule has 262 valence electrons. The lowest BCUT2D eigenvalue weighted by Gasteiger charge is -2.36. The molecule has 0 saturated carbocycles. The number of hydrogen-bond acceptors (Lipinski definition) is 1. The van der Waals surface area contributed by atoms with Crippen molar-refractivity contribution in [3.63, 3.8) is 0 Å². The highest BCUT2D eigenvalue weighted by Crippen LogP contribution is 2.28. The van der Waals surface area contributed by atoms with Gasteiger partial charge in [0.15, 0.2) is 16.1 Å². The molecule has 0 fully saturated rings. The first-order valence-electron chi connectivity index (χ1n) is 19.0. The van der Waals surface area contributed by atoms with E-state index in [0.29, 0.717) is 0 Å². The molecule has 0 bridgehead atoms. The van der Waals surface area contributed by atoms with E-state index in [1.807, 2.05) is 0 Å². The summed E-state index contributed by atoms with van der Waals surface area (Å²) in [6, 6.07) is 86.1. The first-order chi connectivity index (χ1) is 26.6. The van der Waals surface area contributed by atoms with Crippen molar-refractivity contribution in [3.05, 3.63) is 231 Å². The molecule has 0 aliphatic carbocycles. The van der Waals surface area contributed by atoms with Crippen LogP contribution < -0.4 is 46.4 Å². The van der Waals surface area contributed by atoms with Crippen LogP contribution in [-0.4, -0.2) is 22.2 Å². The summed E-state index contributed by atoms with van der Waals surface area (Å²) < 4.78 is 0. The van der Waals surface area contributed by atoms with Gasteiger partial charge in [-0.25, -0.2) is 0 Å². The zero-order valence-electron chi connectivity index (χ0n) is 31.0. The Labute approximate surface area is 322 Å². The summed E-state index contributed by atoms with van der Waals surface area (Å²) in [5.74, 6) is 0. The lowest BCUT2D eigenvalue weighted by Crippen LogP contribution is -2.74. The minimum absolute atomic E-state index is 0.250. The Balaban J connectivity index is 1.24. The molecule has 0 unspecified atom stereocenters. The normalized spacial score (nSPS) is 11.7. The minimum atomic E-state index is -2.60. The van der Waals surface area contributed by atoms with Crippen LogP contribution in [0.15, 0.2) is 231 Å². The average molecular weight is 728 g/mol. The molecule has 0 aromatic heterocycles. The van der Waals surface area contributed by atoms with Crippen LogP contribution in [0.3, 0.4) is 0 Å². The van der Waals surface area contributed by atoms with Crippen molar-refractivity contribution in [3.8, 4) is 0 Å². The van der Waals surface area contributed by atoms with Gasteiger partial charge in [-0.15, -0.1) is 0 Å². The van der Waals surface area contributed by atoms with Crippen molar-refractivity contribution < 1.29 is 0 Å². The molecule has 0 spiro atoms. The highest BCUT2D eigenvalue weighted by Gasteiger charge is 2.42. The van der Waals surface area contributed by atoms with Gasteiger partial charge in [-0.3, -0.25) is 0 Å². The maximum absolute atomic E-state index is 2.60. The van der Waals surface area contributed by atoms with Gasteiger partial charge < -0.3 is 4.90 Å². The Morgan fingerprint density at radius 3 is 0.630 bits per heavy atom. The van der Waals surface area contributed by atoms with Crippen LogP contribution in [0, 0.1) is 0 Å². The molecule has 54 heavy (non-hydrogen) atoms. The van der Waals surface area contributed by atoms with Gasteiger partial charge in [-0.05, 0) is 79.6 Å². The largest absolute Gasteiger partial charge is 0.339 e. The maximum atomic E-state index is 2.47. The topological polar surface area (TPSA) is 3.24 Å². The SMILES string of the molecule is CC(C)N(c1ccc([Si](c2ccccc2)(c2ccccc2)c2ccccc2)cc1)c1ccc([Si](c2ccccc2)(c2ccccc2)c2ccccc2)cc1. The van der Waals surface area contributed by atoms with E-state index >= 15 is 0 Å². The van der Waals surface area contributed by atoms with Gasteiger partial charge >= 0.3 is 0 Å². The third kappa shape index (κ3) is 6.26. The summed E-state index contributed by atoms with van der Waals surface area (Å²) >= 11 is 0. The zero-order chi connectivity index (χ0) is 36.8. The first kappa shape index (κ1) is 35.0.